The molecule has 0 bridgehead atoms. The molecular weight excluding hydrogens is 632 g/mol. The molecule has 4 aromatic rings. The van der Waals surface area contributed by atoms with Gasteiger partial charge in [-0.3, -0.25) is 30.2 Å². The number of non-ortho nitro benzene ring substituents is 2. The molecule has 0 saturated carbocycles. The molecule has 0 amide bonds. The van der Waals surface area contributed by atoms with Crippen molar-refractivity contribution in [1.82, 2.24) is 0 Å². The van der Waals surface area contributed by atoms with E-state index in [0.717, 1.165) is 20.9 Å². The van der Waals surface area contributed by atoms with Crippen molar-refractivity contribution < 1.29 is 26.9 Å². The minimum Gasteiger partial charge on any atom is -0.781 e. The Kier molecular flexibility index (Phi) is 14.0. The van der Waals surface area contributed by atoms with E-state index >= 15 is 0 Å². The van der Waals surface area contributed by atoms with Crippen molar-refractivity contribution >= 4 is 65.5 Å². The molecule has 0 aliphatic heterocycles. The number of nitro groups is 2. The third-order valence-electron chi connectivity index (χ3n) is 5.69. The fraction of sp³-hybridized carbons (Fsp3) is 0.0625. The number of nitrogens with zero attached hydrogens (tertiary/aromatic N) is 4. The summed E-state index contributed by atoms with van der Waals surface area (Å²) in [7, 11) is 0. The van der Waals surface area contributed by atoms with Gasteiger partial charge in [0.05, 0.1) is 21.2 Å². The molecule has 0 N–H and O–H groups in total. The molecule has 0 heterocycles. The van der Waals surface area contributed by atoms with Crippen LogP contribution in [0.25, 0.3) is 6.08 Å². The SMILES string of the molecule is CC(=Nc1ccc([N+](=O)[O-])cc1)C(=C/C=C/c1ccccc1)C(C)=Nc1ccc([N+](=O)[O-])cc1.[Cu+2].[S-]c1ccccc1[S-]. The normalized spacial score (nSPS) is 11.1. The number of allylic oxidation sites excluding steroid dienone is 3. The van der Waals surface area contributed by atoms with Crippen molar-refractivity contribution in [3.63, 3.8) is 0 Å². The molecule has 4 aromatic carbocycles. The maximum Gasteiger partial charge on any atom is 2.00 e. The first kappa shape index (κ1) is 34.7. The molecule has 0 atom stereocenters. The first-order chi connectivity index (χ1) is 20.1. The number of hydrogen-bond acceptors (Lipinski definition) is 8. The number of rotatable bonds is 8. The van der Waals surface area contributed by atoms with Gasteiger partial charge in [0.2, 0.25) is 0 Å². The van der Waals surface area contributed by atoms with Crippen molar-refractivity contribution in [2.45, 2.75) is 23.6 Å². The van der Waals surface area contributed by atoms with Crippen LogP contribution in [0.5, 0.6) is 0 Å². The van der Waals surface area contributed by atoms with E-state index in [4.69, 9.17) is 25.3 Å². The zero-order chi connectivity index (χ0) is 30.5. The van der Waals surface area contributed by atoms with Gasteiger partial charge >= 0.3 is 17.1 Å². The summed E-state index contributed by atoms with van der Waals surface area (Å²) in [5.41, 5.74) is 4.25. The van der Waals surface area contributed by atoms with Crippen LogP contribution in [-0.4, -0.2) is 21.3 Å². The third-order valence-corrected chi connectivity index (χ3v) is 6.54. The van der Waals surface area contributed by atoms with Crippen LogP contribution in [0.15, 0.2) is 141 Å². The minimum absolute atomic E-state index is 0. The van der Waals surface area contributed by atoms with Gasteiger partial charge in [-0.15, -0.1) is 0 Å². The first-order valence-corrected chi connectivity index (χ1v) is 13.4. The second-order valence-electron chi connectivity index (χ2n) is 8.74. The van der Waals surface area contributed by atoms with E-state index in [1.807, 2.05) is 86.7 Å². The van der Waals surface area contributed by atoms with Crippen molar-refractivity contribution in [1.29, 1.82) is 0 Å². The largest absolute Gasteiger partial charge is 2.00 e. The van der Waals surface area contributed by atoms with Crippen LogP contribution in [-0.2, 0) is 42.3 Å². The fourth-order valence-electron chi connectivity index (χ4n) is 3.58. The van der Waals surface area contributed by atoms with Crippen LogP contribution in [0.4, 0.5) is 22.7 Å². The summed E-state index contributed by atoms with van der Waals surface area (Å²) in [5, 5.41) is 21.8. The van der Waals surface area contributed by atoms with Gasteiger partial charge in [0.1, 0.15) is 0 Å². The summed E-state index contributed by atoms with van der Waals surface area (Å²) in [5.74, 6) is 0. The molecule has 43 heavy (non-hydrogen) atoms. The van der Waals surface area contributed by atoms with Crippen molar-refractivity contribution in [2.75, 3.05) is 0 Å². The van der Waals surface area contributed by atoms with E-state index in [1.54, 1.807) is 24.3 Å². The molecule has 0 aliphatic rings. The van der Waals surface area contributed by atoms with Crippen molar-refractivity contribution in [3.8, 4) is 0 Å². The molecule has 8 nitrogen and oxygen atoms in total. The zero-order valence-electron chi connectivity index (χ0n) is 23.1. The average molecular weight is 658 g/mol. The Labute approximate surface area is 271 Å². The van der Waals surface area contributed by atoms with Crippen LogP contribution in [0.3, 0.4) is 0 Å². The molecule has 0 aromatic heterocycles. The van der Waals surface area contributed by atoms with Crippen LogP contribution in [0.1, 0.15) is 19.4 Å². The van der Waals surface area contributed by atoms with Crippen molar-refractivity contribution in [3.05, 3.63) is 147 Å². The predicted octanol–water partition coefficient (Wildman–Crippen LogP) is 8.52. The zero-order valence-corrected chi connectivity index (χ0v) is 25.7. The fourth-order valence-corrected chi connectivity index (χ4v) is 3.87. The van der Waals surface area contributed by atoms with Crippen LogP contribution in [0.2, 0.25) is 0 Å². The topological polar surface area (TPSA) is 111 Å². The quantitative estimate of drug-likeness (QED) is 0.0469. The molecule has 0 fully saturated rings. The molecular formula is C32H26CuN4O4S2. The van der Waals surface area contributed by atoms with Crippen LogP contribution < -0.4 is 0 Å². The van der Waals surface area contributed by atoms with Crippen LogP contribution in [0, 0.1) is 20.2 Å². The molecule has 221 valence electrons. The van der Waals surface area contributed by atoms with E-state index < -0.39 is 9.85 Å². The Morgan fingerprint density at radius 1 is 0.651 bits per heavy atom. The Balaban J connectivity index is 0.000000620. The third kappa shape index (κ3) is 11.3. The summed E-state index contributed by atoms with van der Waals surface area (Å²) in [6, 6.07) is 29.2. The van der Waals surface area contributed by atoms with E-state index in [0.29, 0.717) is 22.8 Å². The van der Waals surface area contributed by atoms with E-state index in [9.17, 15) is 20.2 Å². The molecule has 4 rings (SSSR count). The van der Waals surface area contributed by atoms with Gasteiger partial charge in [-0.25, -0.2) is 0 Å². The number of benzene rings is 4. The molecule has 11 heteroatoms. The van der Waals surface area contributed by atoms with Gasteiger partial charge in [0.15, 0.2) is 0 Å². The average Bonchev–Trinajstić information content (AvgIpc) is 2.98. The maximum atomic E-state index is 10.9. The predicted molar refractivity (Wildman–Crippen MR) is 173 cm³/mol. The van der Waals surface area contributed by atoms with Gasteiger partial charge in [0, 0.05) is 41.3 Å². The summed E-state index contributed by atoms with van der Waals surface area (Å²) in [4.78, 5) is 31.6. The Morgan fingerprint density at radius 2 is 1.05 bits per heavy atom. The monoisotopic (exact) mass is 657 g/mol. The van der Waals surface area contributed by atoms with Gasteiger partial charge in [0.25, 0.3) is 11.4 Å². The smallest absolute Gasteiger partial charge is 0.781 e. The summed E-state index contributed by atoms with van der Waals surface area (Å²) in [6.07, 6.45) is 5.74. The molecule has 0 spiro atoms. The first-order valence-electron chi connectivity index (χ1n) is 12.6. The summed E-state index contributed by atoms with van der Waals surface area (Å²) in [6.45, 7) is 3.66. The number of nitro benzene ring substituents is 2. The second-order valence-corrected chi connectivity index (χ2v) is 9.62. The molecule has 0 saturated heterocycles. The number of hydrogen-bond donors (Lipinski definition) is 0. The van der Waals surface area contributed by atoms with E-state index in [-0.39, 0.29) is 28.4 Å². The minimum atomic E-state index is -0.457. The number of aliphatic imine (C=N–C) groups is 2. The standard InChI is InChI=1S/C26H22N4O4.C6H6S2.Cu/c1-19(27-22-11-15-24(16-12-22)29(31)32)26(10-6-9-21-7-4-3-5-8-21)20(2)28-23-13-17-25(18-14-23)30(33)34;7-5-3-1-2-4-6(5)8;/h3-18H,1-2H3;1-4,7-8H;/q;;+2/p-2/b9-6+,26-10?,27-19?,28-20?;;. The molecule has 1 radical (unpaired) electrons. The molecule has 0 unspecified atom stereocenters. The maximum absolute atomic E-state index is 10.9. The van der Waals surface area contributed by atoms with E-state index in [1.165, 1.54) is 24.3 Å². The van der Waals surface area contributed by atoms with Gasteiger partial charge in [-0.2, -0.15) is 9.79 Å². The Morgan fingerprint density at radius 3 is 1.42 bits per heavy atom. The van der Waals surface area contributed by atoms with Gasteiger partial charge < -0.3 is 25.3 Å². The Bertz CT molecular complexity index is 1560. The van der Waals surface area contributed by atoms with Gasteiger partial charge in [-0.05, 0) is 43.7 Å². The van der Waals surface area contributed by atoms with Crippen LogP contribution >= 0.6 is 0 Å². The summed E-state index contributed by atoms with van der Waals surface area (Å²) < 4.78 is 0. The Hall–Kier alpha value is -4.54. The second kappa shape index (κ2) is 17.4. The summed E-state index contributed by atoms with van der Waals surface area (Å²) >= 11 is 9.70. The van der Waals surface area contributed by atoms with Crippen molar-refractivity contribution in [2.24, 2.45) is 9.98 Å². The van der Waals surface area contributed by atoms with Gasteiger partial charge in [-0.1, -0.05) is 72.8 Å². The molecule has 0 aliphatic carbocycles. The van der Waals surface area contributed by atoms with E-state index in [2.05, 4.69) is 9.98 Å².